The van der Waals surface area contributed by atoms with E-state index in [1.807, 2.05) is 0 Å². The molecule has 0 aromatic carbocycles. The van der Waals surface area contributed by atoms with Crippen molar-refractivity contribution in [1.29, 1.82) is 0 Å². The number of epoxide rings is 1. The average molecular weight is 296 g/mol. The molecule has 0 aliphatic carbocycles. The van der Waals surface area contributed by atoms with E-state index in [1.54, 1.807) is 0 Å². The lowest BCUT2D eigenvalue weighted by molar-refractivity contribution is -0.137. The monoisotopic (exact) mass is 296 g/mol. The Kier molecular flexibility index (Phi) is 10.2. The molecule has 1 N–H and O–H groups in total. The van der Waals surface area contributed by atoms with Crippen LogP contribution in [0.25, 0.3) is 0 Å². The van der Waals surface area contributed by atoms with E-state index in [-0.39, 0.29) is 0 Å². The molecule has 2 atom stereocenters. The molecule has 1 aliphatic rings. The van der Waals surface area contributed by atoms with E-state index in [0.717, 1.165) is 32.1 Å². The molecule has 21 heavy (non-hydrogen) atoms. The Labute approximate surface area is 129 Å². The average Bonchev–Trinajstić information content (AvgIpc) is 3.19. The van der Waals surface area contributed by atoms with Crippen molar-refractivity contribution >= 4 is 5.97 Å². The Hall–Kier alpha value is -0.830. The minimum Gasteiger partial charge on any atom is -0.481 e. The molecule has 0 unspecified atom stereocenters. The van der Waals surface area contributed by atoms with Gasteiger partial charge in [0.25, 0.3) is 0 Å². The van der Waals surface area contributed by atoms with Crippen molar-refractivity contribution in [2.75, 3.05) is 0 Å². The van der Waals surface area contributed by atoms with Gasteiger partial charge in [0.1, 0.15) is 0 Å². The van der Waals surface area contributed by atoms with E-state index < -0.39 is 5.97 Å². The van der Waals surface area contributed by atoms with Crippen molar-refractivity contribution in [3.63, 3.8) is 0 Å². The van der Waals surface area contributed by atoms with Crippen LogP contribution in [0.4, 0.5) is 0 Å². The standard InChI is InChI=1S/C18H32O3/c1-2-3-10-13-16-17(21-16)14-11-8-6-4-5-7-9-12-15-18(19)20/h8,11,16-17H,2-7,9-10,12-15H2,1H3,(H,19,20)/t16-,17-/m0/s1. The van der Waals surface area contributed by atoms with Crippen molar-refractivity contribution < 1.29 is 14.6 Å². The molecule has 1 aliphatic heterocycles. The number of rotatable bonds is 14. The molecule has 3 heteroatoms. The molecule has 1 heterocycles. The van der Waals surface area contributed by atoms with Crippen LogP contribution >= 0.6 is 0 Å². The smallest absolute Gasteiger partial charge is 0.303 e. The minimum atomic E-state index is -0.673. The first-order valence-corrected chi connectivity index (χ1v) is 8.76. The molecule has 0 saturated carbocycles. The van der Waals surface area contributed by atoms with Gasteiger partial charge in [0.05, 0.1) is 12.2 Å². The molecular formula is C18H32O3. The first-order valence-electron chi connectivity index (χ1n) is 8.76. The minimum absolute atomic E-state index is 0.320. The van der Waals surface area contributed by atoms with Crippen molar-refractivity contribution in [2.45, 2.75) is 96.2 Å². The van der Waals surface area contributed by atoms with E-state index in [1.165, 1.54) is 38.5 Å². The van der Waals surface area contributed by atoms with Crippen molar-refractivity contribution in [3.8, 4) is 0 Å². The summed E-state index contributed by atoms with van der Waals surface area (Å²) in [5.74, 6) is -0.673. The fourth-order valence-electron chi connectivity index (χ4n) is 2.65. The van der Waals surface area contributed by atoms with Crippen LogP contribution < -0.4 is 0 Å². The maximum Gasteiger partial charge on any atom is 0.303 e. The number of allylic oxidation sites excluding steroid dienone is 1. The topological polar surface area (TPSA) is 49.8 Å². The van der Waals surface area contributed by atoms with Crippen molar-refractivity contribution in [3.05, 3.63) is 12.2 Å². The van der Waals surface area contributed by atoms with Crippen molar-refractivity contribution in [1.82, 2.24) is 0 Å². The third-order valence-electron chi connectivity index (χ3n) is 4.08. The molecule has 0 amide bonds. The molecule has 0 spiro atoms. The predicted octanol–water partition coefficient (Wildman–Crippen LogP) is 5.10. The van der Waals surface area contributed by atoms with Gasteiger partial charge in [-0.1, -0.05) is 57.6 Å². The number of unbranched alkanes of at least 4 members (excludes halogenated alkanes) is 7. The van der Waals surface area contributed by atoms with Gasteiger partial charge in [-0.2, -0.15) is 0 Å². The summed E-state index contributed by atoms with van der Waals surface area (Å²) in [5.41, 5.74) is 0. The lowest BCUT2D eigenvalue weighted by Gasteiger charge is -1.98. The van der Waals surface area contributed by atoms with E-state index >= 15 is 0 Å². The molecule has 0 aromatic heterocycles. The van der Waals surface area contributed by atoms with Gasteiger partial charge in [-0.25, -0.2) is 0 Å². The highest BCUT2D eigenvalue weighted by Crippen LogP contribution is 2.30. The molecule has 1 fully saturated rings. The van der Waals surface area contributed by atoms with Gasteiger partial charge in [-0.15, -0.1) is 0 Å². The van der Waals surface area contributed by atoms with Crippen LogP contribution in [0, 0.1) is 0 Å². The number of hydrogen-bond acceptors (Lipinski definition) is 2. The zero-order chi connectivity index (χ0) is 15.3. The number of hydrogen-bond donors (Lipinski definition) is 1. The molecule has 3 nitrogen and oxygen atoms in total. The highest BCUT2D eigenvalue weighted by molar-refractivity contribution is 5.66. The van der Waals surface area contributed by atoms with Gasteiger partial charge < -0.3 is 9.84 Å². The van der Waals surface area contributed by atoms with Crippen LogP contribution in [-0.2, 0) is 9.53 Å². The van der Waals surface area contributed by atoms with E-state index in [2.05, 4.69) is 19.1 Å². The molecule has 0 aromatic rings. The normalized spacial score (nSPS) is 21.0. The Bertz CT molecular complexity index is 299. The summed E-state index contributed by atoms with van der Waals surface area (Å²) in [6.45, 7) is 2.24. The summed E-state index contributed by atoms with van der Waals surface area (Å²) in [4.78, 5) is 10.3. The Balaban J connectivity index is 1.81. The maximum atomic E-state index is 10.3. The van der Waals surface area contributed by atoms with Crippen LogP contribution in [0.15, 0.2) is 12.2 Å². The Morgan fingerprint density at radius 2 is 1.76 bits per heavy atom. The molecule has 1 saturated heterocycles. The zero-order valence-electron chi connectivity index (χ0n) is 13.6. The van der Waals surface area contributed by atoms with Crippen LogP contribution in [0.2, 0.25) is 0 Å². The Morgan fingerprint density at radius 1 is 1.00 bits per heavy atom. The van der Waals surface area contributed by atoms with Crippen molar-refractivity contribution in [2.24, 2.45) is 0 Å². The quantitative estimate of drug-likeness (QED) is 0.276. The fourth-order valence-corrected chi connectivity index (χ4v) is 2.65. The summed E-state index contributed by atoms with van der Waals surface area (Å²) in [5, 5.41) is 8.52. The van der Waals surface area contributed by atoms with E-state index in [9.17, 15) is 4.79 Å². The third-order valence-corrected chi connectivity index (χ3v) is 4.08. The van der Waals surface area contributed by atoms with Gasteiger partial charge in [0.15, 0.2) is 0 Å². The zero-order valence-corrected chi connectivity index (χ0v) is 13.6. The lowest BCUT2D eigenvalue weighted by Crippen LogP contribution is -1.93. The second-order valence-electron chi connectivity index (χ2n) is 6.12. The van der Waals surface area contributed by atoms with Gasteiger partial charge in [-0.05, 0) is 32.1 Å². The maximum absolute atomic E-state index is 10.3. The highest BCUT2D eigenvalue weighted by atomic mass is 16.6. The third kappa shape index (κ3) is 10.5. The number of carboxylic acids is 1. The van der Waals surface area contributed by atoms with Crippen LogP contribution in [0.3, 0.4) is 0 Å². The Morgan fingerprint density at radius 3 is 2.52 bits per heavy atom. The summed E-state index contributed by atoms with van der Waals surface area (Å²) >= 11 is 0. The largest absolute Gasteiger partial charge is 0.481 e. The van der Waals surface area contributed by atoms with E-state index in [4.69, 9.17) is 9.84 Å². The molecule has 0 radical (unpaired) electrons. The van der Waals surface area contributed by atoms with Crippen LogP contribution in [0.1, 0.15) is 84.0 Å². The van der Waals surface area contributed by atoms with Crippen LogP contribution in [0.5, 0.6) is 0 Å². The second kappa shape index (κ2) is 11.8. The summed E-state index contributed by atoms with van der Waals surface area (Å²) in [6, 6.07) is 0. The first kappa shape index (κ1) is 18.2. The first-order chi connectivity index (χ1) is 10.2. The summed E-state index contributed by atoms with van der Waals surface area (Å²) in [7, 11) is 0. The van der Waals surface area contributed by atoms with Gasteiger partial charge >= 0.3 is 5.97 Å². The lowest BCUT2D eigenvalue weighted by atomic mass is 10.1. The summed E-state index contributed by atoms with van der Waals surface area (Å²) in [6.07, 6.45) is 18.7. The number of carbonyl (C=O) groups is 1. The second-order valence-corrected chi connectivity index (χ2v) is 6.12. The van der Waals surface area contributed by atoms with E-state index in [0.29, 0.717) is 18.6 Å². The van der Waals surface area contributed by atoms with Crippen LogP contribution in [-0.4, -0.2) is 23.3 Å². The SMILES string of the molecule is CCCCC[C@@H]1O[C@H]1CC=CCCCCCCCC(=O)O. The molecule has 1 rings (SSSR count). The highest BCUT2D eigenvalue weighted by Gasteiger charge is 2.36. The number of aliphatic carboxylic acids is 1. The summed E-state index contributed by atoms with van der Waals surface area (Å²) < 4.78 is 5.66. The number of ether oxygens (including phenoxy) is 1. The molecule has 0 bridgehead atoms. The molecular weight excluding hydrogens is 264 g/mol. The fraction of sp³-hybridized carbons (Fsp3) is 0.833. The van der Waals surface area contributed by atoms with Gasteiger partial charge in [-0.3, -0.25) is 4.79 Å². The molecule has 122 valence electrons. The van der Waals surface area contributed by atoms with Gasteiger partial charge in [0, 0.05) is 6.42 Å². The number of carboxylic acid groups (broad SMARTS) is 1. The predicted molar refractivity (Wildman–Crippen MR) is 86.5 cm³/mol. The van der Waals surface area contributed by atoms with Gasteiger partial charge in [0.2, 0.25) is 0 Å².